The predicted molar refractivity (Wildman–Crippen MR) is 140 cm³/mol. The van der Waals surface area contributed by atoms with Crippen LogP contribution < -0.4 is 9.47 Å². The summed E-state index contributed by atoms with van der Waals surface area (Å²) >= 11 is 1.59. The molecule has 2 aromatic carbocycles. The Morgan fingerprint density at radius 2 is 1.31 bits per heavy atom. The lowest BCUT2D eigenvalue weighted by molar-refractivity contribution is -0.142. The Morgan fingerprint density at radius 3 is 1.86 bits per heavy atom. The molecular weight excluding hydrogens is 460 g/mol. The van der Waals surface area contributed by atoms with E-state index in [4.69, 9.17) is 14.2 Å². The maximum Gasteiger partial charge on any atom is 0.310 e. The Bertz CT molecular complexity index is 1000. The normalized spacial score (nSPS) is 11.0. The zero-order valence-corrected chi connectivity index (χ0v) is 21.2. The molecule has 35 heavy (non-hydrogen) atoms. The van der Waals surface area contributed by atoms with Crippen LogP contribution in [0.25, 0.3) is 0 Å². The molecule has 0 saturated carbocycles. The summed E-state index contributed by atoms with van der Waals surface area (Å²) in [4.78, 5) is 11.7. The van der Waals surface area contributed by atoms with Crippen molar-refractivity contribution in [3.63, 3.8) is 0 Å². The van der Waals surface area contributed by atoms with Crippen LogP contribution in [0.15, 0.2) is 75.6 Å². The lowest BCUT2D eigenvalue weighted by Crippen LogP contribution is -2.08. The smallest absolute Gasteiger partial charge is 0.310 e. The van der Waals surface area contributed by atoms with Crippen LogP contribution in [0.5, 0.6) is 11.5 Å². The lowest BCUT2D eigenvalue weighted by Gasteiger charge is -2.07. The average molecular weight is 495 g/mol. The minimum atomic E-state index is -0.153. The molecule has 1 heterocycles. The number of carbonyl (C=O) groups is 1. The van der Waals surface area contributed by atoms with Crippen LogP contribution in [0.4, 0.5) is 11.4 Å². The molecule has 0 N–H and O–H groups in total. The highest BCUT2D eigenvalue weighted by molar-refractivity contribution is 7.08. The molecule has 0 amide bonds. The second-order valence-corrected chi connectivity index (χ2v) is 8.96. The van der Waals surface area contributed by atoms with E-state index in [-0.39, 0.29) is 5.97 Å². The van der Waals surface area contributed by atoms with Gasteiger partial charge in [0.15, 0.2) is 0 Å². The first kappa shape index (κ1) is 26.4. The molecule has 3 rings (SSSR count). The number of unbranched alkanes of at least 4 members (excludes halogenated alkanes) is 4. The van der Waals surface area contributed by atoms with Crippen molar-refractivity contribution in [1.29, 1.82) is 0 Å². The fourth-order valence-electron chi connectivity index (χ4n) is 3.21. The van der Waals surface area contributed by atoms with Crippen molar-refractivity contribution >= 4 is 28.7 Å². The van der Waals surface area contributed by atoms with Gasteiger partial charge in [-0.25, -0.2) is 0 Å². The molecule has 1 aromatic heterocycles. The van der Waals surface area contributed by atoms with Gasteiger partial charge in [0.05, 0.1) is 37.6 Å². The van der Waals surface area contributed by atoms with E-state index in [1.54, 1.807) is 11.3 Å². The molecule has 6 nitrogen and oxygen atoms in total. The van der Waals surface area contributed by atoms with E-state index >= 15 is 0 Å². The highest BCUT2D eigenvalue weighted by atomic mass is 32.1. The fraction of sp³-hybridized carbons (Fsp3) is 0.393. The molecular formula is C28H34N2O4S. The van der Waals surface area contributed by atoms with Crippen LogP contribution in [0.1, 0.15) is 51.0 Å². The minimum absolute atomic E-state index is 0.153. The van der Waals surface area contributed by atoms with Gasteiger partial charge >= 0.3 is 5.97 Å². The van der Waals surface area contributed by atoms with E-state index in [0.29, 0.717) is 19.6 Å². The van der Waals surface area contributed by atoms with E-state index in [0.717, 1.165) is 73.6 Å². The van der Waals surface area contributed by atoms with Gasteiger partial charge in [0.25, 0.3) is 0 Å². The summed E-state index contributed by atoms with van der Waals surface area (Å²) in [7, 11) is 0. The summed E-state index contributed by atoms with van der Waals surface area (Å²) in [5, 5.41) is 12.5. The Morgan fingerprint density at radius 1 is 0.743 bits per heavy atom. The van der Waals surface area contributed by atoms with E-state index in [9.17, 15) is 4.79 Å². The summed E-state index contributed by atoms with van der Waals surface area (Å²) in [6.07, 6.45) is 6.42. The Balaban J connectivity index is 1.25. The molecule has 186 valence electrons. The van der Waals surface area contributed by atoms with Crippen LogP contribution in [0, 0.1) is 0 Å². The van der Waals surface area contributed by atoms with Gasteiger partial charge in [-0.2, -0.15) is 21.6 Å². The number of rotatable bonds is 16. The van der Waals surface area contributed by atoms with Gasteiger partial charge in [-0.1, -0.05) is 13.3 Å². The Hall–Kier alpha value is -3.19. The van der Waals surface area contributed by atoms with E-state index in [1.165, 1.54) is 0 Å². The topological polar surface area (TPSA) is 69.5 Å². The number of benzene rings is 2. The number of hydrogen-bond donors (Lipinski definition) is 0. The van der Waals surface area contributed by atoms with Crippen molar-refractivity contribution in [1.82, 2.24) is 0 Å². The molecule has 0 radical (unpaired) electrons. The second kappa shape index (κ2) is 15.7. The third-order valence-electron chi connectivity index (χ3n) is 5.22. The highest BCUT2D eigenvalue weighted by Crippen LogP contribution is 2.23. The molecule has 0 aliphatic carbocycles. The summed E-state index contributed by atoms with van der Waals surface area (Å²) in [5.41, 5.74) is 2.58. The van der Waals surface area contributed by atoms with Gasteiger partial charge in [0, 0.05) is 0 Å². The molecule has 0 unspecified atom stereocenters. The maximum atomic E-state index is 11.7. The Kier molecular flexibility index (Phi) is 11.8. The maximum absolute atomic E-state index is 11.7. The predicted octanol–water partition coefficient (Wildman–Crippen LogP) is 8.07. The third-order valence-corrected chi connectivity index (χ3v) is 5.95. The zero-order valence-electron chi connectivity index (χ0n) is 20.4. The van der Waals surface area contributed by atoms with Crippen molar-refractivity contribution < 1.29 is 19.0 Å². The van der Waals surface area contributed by atoms with E-state index in [1.807, 2.05) is 65.4 Å². The number of hydrogen-bond acceptors (Lipinski definition) is 7. The summed E-state index contributed by atoms with van der Waals surface area (Å²) < 4.78 is 16.8. The summed E-state index contributed by atoms with van der Waals surface area (Å²) in [6, 6.07) is 17.2. The average Bonchev–Trinajstić information content (AvgIpc) is 3.39. The van der Waals surface area contributed by atoms with Gasteiger partial charge in [0.2, 0.25) is 0 Å². The fourth-order valence-corrected chi connectivity index (χ4v) is 3.88. The quantitative estimate of drug-likeness (QED) is 0.115. The van der Waals surface area contributed by atoms with Crippen LogP contribution in [0.3, 0.4) is 0 Å². The molecule has 3 aromatic rings. The molecule has 0 aliphatic heterocycles. The molecule has 0 bridgehead atoms. The van der Waals surface area contributed by atoms with Crippen molar-refractivity contribution in [3.05, 3.63) is 70.9 Å². The van der Waals surface area contributed by atoms with Crippen LogP contribution >= 0.6 is 11.3 Å². The Labute approximate surface area is 212 Å². The monoisotopic (exact) mass is 494 g/mol. The number of nitrogens with zero attached hydrogens (tertiary/aromatic N) is 2. The molecule has 0 atom stereocenters. The van der Waals surface area contributed by atoms with E-state index in [2.05, 4.69) is 17.2 Å². The summed E-state index contributed by atoms with van der Waals surface area (Å²) in [6.45, 7) is 4.02. The second-order valence-electron chi connectivity index (χ2n) is 8.18. The molecule has 0 saturated heterocycles. The van der Waals surface area contributed by atoms with Crippen LogP contribution in [0.2, 0.25) is 0 Å². The number of esters is 1. The van der Waals surface area contributed by atoms with Crippen LogP contribution in [-0.2, 0) is 16.0 Å². The molecule has 0 spiro atoms. The highest BCUT2D eigenvalue weighted by Gasteiger charge is 2.04. The minimum Gasteiger partial charge on any atom is -0.494 e. The first-order valence-corrected chi connectivity index (χ1v) is 13.2. The number of ether oxygens (including phenoxy) is 3. The first-order chi connectivity index (χ1) is 17.2. The first-order valence-electron chi connectivity index (χ1n) is 12.3. The zero-order chi connectivity index (χ0) is 24.6. The van der Waals surface area contributed by atoms with Crippen molar-refractivity contribution in [3.8, 4) is 11.5 Å². The van der Waals surface area contributed by atoms with Gasteiger partial charge in [-0.05, 0) is 103 Å². The van der Waals surface area contributed by atoms with Crippen molar-refractivity contribution in [2.24, 2.45) is 10.2 Å². The van der Waals surface area contributed by atoms with Crippen LogP contribution in [-0.4, -0.2) is 25.8 Å². The summed E-state index contributed by atoms with van der Waals surface area (Å²) in [5.74, 6) is 1.52. The van der Waals surface area contributed by atoms with E-state index < -0.39 is 0 Å². The third kappa shape index (κ3) is 10.7. The molecule has 0 fully saturated rings. The standard InChI is InChI=1S/C28H34N2O4S/c1-2-3-17-32-26-12-8-24(9-13-26)29-30-25-10-14-27(15-11-25)33-18-6-4-5-7-19-34-28(31)21-23-16-20-35-22-23/h8-16,20,22H,2-7,17-19,21H2,1H3. The van der Waals surface area contributed by atoms with Gasteiger partial charge in [-0.15, -0.1) is 0 Å². The SMILES string of the molecule is CCCCOc1ccc(N=Nc2ccc(OCCCCCCOC(=O)Cc3ccsc3)cc2)cc1. The number of azo groups is 1. The van der Waals surface area contributed by atoms with Gasteiger partial charge in [-0.3, -0.25) is 4.79 Å². The van der Waals surface area contributed by atoms with Gasteiger partial charge in [0.1, 0.15) is 11.5 Å². The molecule has 0 aliphatic rings. The van der Waals surface area contributed by atoms with Gasteiger partial charge < -0.3 is 14.2 Å². The number of thiophene rings is 1. The van der Waals surface area contributed by atoms with Crippen molar-refractivity contribution in [2.75, 3.05) is 19.8 Å². The largest absolute Gasteiger partial charge is 0.494 e. The van der Waals surface area contributed by atoms with Crippen molar-refractivity contribution in [2.45, 2.75) is 51.9 Å². The molecule has 7 heteroatoms. The lowest BCUT2D eigenvalue weighted by atomic mass is 10.2. The number of carbonyl (C=O) groups excluding carboxylic acids is 1.